The lowest BCUT2D eigenvalue weighted by atomic mass is 10.1. The fourth-order valence-corrected chi connectivity index (χ4v) is 4.34. The minimum absolute atomic E-state index is 0.183. The van der Waals surface area contributed by atoms with Crippen LogP contribution in [0.1, 0.15) is 5.69 Å². The summed E-state index contributed by atoms with van der Waals surface area (Å²) >= 11 is 0. The summed E-state index contributed by atoms with van der Waals surface area (Å²) in [6, 6.07) is 9.40. The van der Waals surface area contributed by atoms with Crippen LogP contribution in [0.25, 0.3) is 10.8 Å². The molecule has 1 aromatic carbocycles. The van der Waals surface area contributed by atoms with Gasteiger partial charge in [0.15, 0.2) is 6.20 Å². The van der Waals surface area contributed by atoms with E-state index in [1.165, 1.54) is 6.20 Å². The van der Waals surface area contributed by atoms with Gasteiger partial charge < -0.3 is 20.5 Å². The number of aliphatic carboxylic acids is 3. The van der Waals surface area contributed by atoms with Gasteiger partial charge in [0, 0.05) is 63.8 Å². The minimum Gasteiger partial charge on any atom is -0.618 e. The summed E-state index contributed by atoms with van der Waals surface area (Å²) in [6.45, 7) is 2.85. The maximum Gasteiger partial charge on any atom is 0.317 e. The highest BCUT2D eigenvalue weighted by molar-refractivity contribution is 5.81. The molecule has 1 aromatic heterocycles. The molecule has 1 saturated heterocycles. The van der Waals surface area contributed by atoms with Crippen molar-refractivity contribution >= 4 is 28.7 Å². The van der Waals surface area contributed by atoms with E-state index in [-0.39, 0.29) is 19.6 Å². The topological polar surface area (TPSA) is 152 Å². The number of nitrogens with zero attached hydrogens (tertiary/aromatic N) is 5. The van der Waals surface area contributed by atoms with Crippen molar-refractivity contribution in [2.75, 3.05) is 72.0 Å². The average Bonchev–Trinajstić information content (AvgIpc) is 2.80. The van der Waals surface area contributed by atoms with Crippen molar-refractivity contribution in [1.82, 2.24) is 19.6 Å². The molecular weight excluding hydrogens is 470 g/mol. The van der Waals surface area contributed by atoms with Crippen LogP contribution in [0.2, 0.25) is 0 Å². The lowest BCUT2D eigenvalue weighted by Crippen LogP contribution is -2.48. The summed E-state index contributed by atoms with van der Waals surface area (Å²) in [5, 5.41) is 42.4. The molecule has 12 heteroatoms. The average molecular weight is 504 g/mol. The minimum atomic E-state index is -0.996. The van der Waals surface area contributed by atoms with Gasteiger partial charge in [0.2, 0.25) is 5.69 Å². The van der Waals surface area contributed by atoms with E-state index in [4.69, 9.17) is 0 Å². The molecule has 0 unspecified atom stereocenters. The fraction of sp³-hybridized carbons (Fsp3) is 0.500. The molecule has 0 bridgehead atoms. The Morgan fingerprint density at radius 2 is 1.08 bits per heavy atom. The Morgan fingerprint density at radius 3 is 1.50 bits per heavy atom. The van der Waals surface area contributed by atoms with E-state index < -0.39 is 17.9 Å². The number of hydrogen-bond acceptors (Lipinski definition) is 8. The first-order valence-electron chi connectivity index (χ1n) is 11.8. The van der Waals surface area contributed by atoms with E-state index in [2.05, 4.69) is 0 Å². The van der Waals surface area contributed by atoms with Gasteiger partial charge in [-0.25, -0.2) is 0 Å². The molecule has 0 radical (unpaired) electrons. The zero-order valence-corrected chi connectivity index (χ0v) is 20.2. The highest BCUT2D eigenvalue weighted by atomic mass is 16.5. The third-order valence-corrected chi connectivity index (χ3v) is 6.25. The molecule has 0 aliphatic carbocycles. The maximum atomic E-state index is 12.7. The highest BCUT2D eigenvalue weighted by Crippen LogP contribution is 2.14. The van der Waals surface area contributed by atoms with Gasteiger partial charge in [-0.1, -0.05) is 18.2 Å². The van der Waals surface area contributed by atoms with E-state index in [0.717, 1.165) is 15.5 Å². The van der Waals surface area contributed by atoms with Gasteiger partial charge >= 0.3 is 17.9 Å². The molecule has 196 valence electrons. The Labute approximate surface area is 209 Å². The van der Waals surface area contributed by atoms with Crippen LogP contribution < -0.4 is 4.73 Å². The Kier molecular flexibility index (Phi) is 9.94. The summed E-state index contributed by atoms with van der Waals surface area (Å²) < 4.78 is 0.840. The van der Waals surface area contributed by atoms with E-state index in [0.29, 0.717) is 64.6 Å². The summed E-state index contributed by atoms with van der Waals surface area (Å²) in [7, 11) is 0. The number of benzene rings is 1. The van der Waals surface area contributed by atoms with Gasteiger partial charge in [0.25, 0.3) is 0 Å². The van der Waals surface area contributed by atoms with Gasteiger partial charge in [-0.3, -0.25) is 34.0 Å². The van der Waals surface area contributed by atoms with E-state index in [1.807, 2.05) is 35.2 Å². The molecule has 0 saturated carbocycles. The SMILES string of the molecule is O=C(O)CN1CCN(CC(=O)O)CCN(Cc2cc3ccccc3c[n+]2[O-])CCN(CC(=O)O)CC1. The van der Waals surface area contributed by atoms with Crippen LogP contribution >= 0.6 is 0 Å². The van der Waals surface area contributed by atoms with Crippen LogP contribution in [-0.4, -0.2) is 125 Å². The largest absolute Gasteiger partial charge is 0.618 e. The zero-order valence-electron chi connectivity index (χ0n) is 20.2. The quantitative estimate of drug-likeness (QED) is 0.314. The van der Waals surface area contributed by atoms with Crippen molar-refractivity contribution in [3.05, 3.63) is 47.4 Å². The lowest BCUT2D eigenvalue weighted by molar-refractivity contribution is -0.613. The van der Waals surface area contributed by atoms with Gasteiger partial charge in [0.1, 0.15) is 0 Å². The van der Waals surface area contributed by atoms with E-state index >= 15 is 0 Å². The molecule has 1 aliphatic rings. The molecule has 36 heavy (non-hydrogen) atoms. The Bertz CT molecular complexity index is 1030. The van der Waals surface area contributed by atoms with Crippen molar-refractivity contribution in [2.24, 2.45) is 0 Å². The number of aromatic nitrogens is 1. The number of fused-ring (bicyclic) bond motifs is 1. The first kappa shape index (κ1) is 27.3. The molecule has 1 fully saturated rings. The van der Waals surface area contributed by atoms with Crippen LogP contribution in [0, 0.1) is 5.21 Å². The number of hydrogen-bond donors (Lipinski definition) is 3. The molecule has 1 aliphatic heterocycles. The lowest BCUT2D eigenvalue weighted by Gasteiger charge is -2.32. The van der Waals surface area contributed by atoms with Crippen molar-refractivity contribution in [2.45, 2.75) is 6.54 Å². The number of carboxylic acids is 3. The van der Waals surface area contributed by atoms with Crippen molar-refractivity contribution in [1.29, 1.82) is 0 Å². The molecular formula is C24H33N5O7. The predicted octanol–water partition coefficient (Wildman–Crippen LogP) is -0.551. The van der Waals surface area contributed by atoms with Crippen LogP contribution in [-0.2, 0) is 20.9 Å². The third kappa shape index (κ3) is 8.72. The Hall–Kier alpha value is -3.32. The molecule has 0 spiro atoms. The van der Waals surface area contributed by atoms with Crippen LogP contribution in [0.3, 0.4) is 0 Å². The monoisotopic (exact) mass is 503 g/mol. The number of carboxylic acid groups (broad SMARTS) is 3. The van der Waals surface area contributed by atoms with Crippen molar-refractivity contribution in [3.8, 4) is 0 Å². The molecule has 0 amide bonds. The zero-order chi connectivity index (χ0) is 26.1. The first-order chi connectivity index (χ1) is 17.2. The second kappa shape index (κ2) is 13.1. The van der Waals surface area contributed by atoms with Crippen molar-refractivity contribution in [3.63, 3.8) is 0 Å². The second-order valence-corrected chi connectivity index (χ2v) is 9.01. The van der Waals surface area contributed by atoms with Gasteiger partial charge in [-0.2, -0.15) is 4.73 Å². The number of pyridine rings is 1. The van der Waals surface area contributed by atoms with Gasteiger partial charge in [-0.15, -0.1) is 0 Å². The standard InChI is InChI=1S/C24H33N5O7/c30-22(31)16-26-7-5-25(15-21-13-19-3-1-2-4-20(19)14-29(21)36)6-8-27(17-23(32)33)10-12-28(11-9-26)18-24(34)35/h1-4,13-14H,5-12,15-18H2,(H,30,31)(H,32,33)(H,34,35). The highest BCUT2D eigenvalue weighted by Gasteiger charge is 2.21. The van der Waals surface area contributed by atoms with E-state index in [9.17, 15) is 34.9 Å². The van der Waals surface area contributed by atoms with Crippen LogP contribution in [0.5, 0.6) is 0 Å². The molecule has 3 N–H and O–H groups in total. The van der Waals surface area contributed by atoms with Gasteiger partial charge in [0.05, 0.1) is 26.2 Å². The molecule has 2 aromatic rings. The van der Waals surface area contributed by atoms with Crippen LogP contribution in [0.4, 0.5) is 0 Å². The molecule has 3 rings (SSSR count). The summed E-state index contributed by atoms with van der Waals surface area (Å²) in [5.74, 6) is -2.94. The third-order valence-electron chi connectivity index (χ3n) is 6.25. The smallest absolute Gasteiger partial charge is 0.317 e. The van der Waals surface area contributed by atoms with Crippen LogP contribution in [0.15, 0.2) is 36.5 Å². The summed E-state index contributed by atoms with van der Waals surface area (Å²) in [6.07, 6.45) is 1.53. The fourth-order valence-electron chi connectivity index (χ4n) is 4.34. The second-order valence-electron chi connectivity index (χ2n) is 9.01. The number of carbonyl (C=O) groups is 3. The predicted molar refractivity (Wildman–Crippen MR) is 130 cm³/mol. The van der Waals surface area contributed by atoms with Crippen molar-refractivity contribution < 1.29 is 34.4 Å². The normalized spacial score (nSPS) is 17.9. The summed E-state index contributed by atoms with van der Waals surface area (Å²) in [5.41, 5.74) is 0.544. The first-order valence-corrected chi connectivity index (χ1v) is 11.8. The Morgan fingerprint density at radius 1 is 0.694 bits per heavy atom. The van der Waals surface area contributed by atoms with E-state index in [1.54, 1.807) is 14.7 Å². The molecule has 12 nitrogen and oxygen atoms in total. The molecule has 2 heterocycles. The number of rotatable bonds is 8. The maximum absolute atomic E-state index is 12.7. The summed E-state index contributed by atoms with van der Waals surface area (Å²) in [4.78, 5) is 41.4. The van der Waals surface area contributed by atoms with Gasteiger partial charge in [-0.05, 0) is 11.5 Å². The Balaban J connectivity index is 1.80. The molecule has 0 atom stereocenters.